The molecule has 0 spiro atoms. The van der Waals surface area contributed by atoms with Crippen LogP contribution in [-0.4, -0.2) is 77.5 Å². The number of aromatic nitrogens is 1. The number of hydrogen-bond donors (Lipinski definition) is 2. The lowest BCUT2D eigenvalue weighted by Gasteiger charge is -2.37. The molecule has 0 saturated carbocycles. The number of carbonyl (C=O) groups excluding carboxylic acids is 2. The molecular formula is C31H41N5O3. The van der Waals surface area contributed by atoms with Gasteiger partial charge in [-0.1, -0.05) is 6.07 Å². The molecule has 4 aliphatic heterocycles. The number of fused-ring (bicyclic) bond motifs is 3. The smallest absolute Gasteiger partial charge is 0.253 e. The Morgan fingerprint density at radius 3 is 2.64 bits per heavy atom. The standard InChI is InChI=1S/C31H41N5O3/c1-19(2)35-12-4-5-24(17-35)33-30(37)23-7-9-27(32-16-23)28-22-10-13-36(28)18-25(15-22)34-31(38)26-8-6-21-11-14-39-29(21)20(26)3/h6-9,16,19,22,24-25,28H,4-5,10-15,17-18H2,1-3H3,(H,33,37)(H,34,38)/t22?,24-,25?,28?/m1/s1. The monoisotopic (exact) mass is 531 g/mol. The van der Waals surface area contributed by atoms with Crippen LogP contribution >= 0.6 is 0 Å². The van der Waals surface area contributed by atoms with Crippen LogP contribution < -0.4 is 15.4 Å². The van der Waals surface area contributed by atoms with Crippen LogP contribution in [0.3, 0.4) is 0 Å². The van der Waals surface area contributed by atoms with Gasteiger partial charge in [0, 0.05) is 55.0 Å². The number of benzene rings is 1. The van der Waals surface area contributed by atoms with Crippen molar-refractivity contribution in [2.75, 3.05) is 32.8 Å². The van der Waals surface area contributed by atoms with E-state index in [1.165, 1.54) is 5.56 Å². The van der Waals surface area contributed by atoms with Gasteiger partial charge < -0.3 is 15.4 Å². The molecule has 0 aliphatic carbocycles. The van der Waals surface area contributed by atoms with E-state index in [1.54, 1.807) is 6.20 Å². The minimum Gasteiger partial charge on any atom is -0.493 e. The minimum atomic E-state index is -0.0356. The summed E-state index contributed by atoms with van der Waals surface area (Å²) >= 11 is 0. The summed E-state index contributed by atoms with van der Waals surface area (Å²) in [6.45, 7) is 10.9. The highest BCUT2D eigenvalue weighted by molar-refractivity contribution is 5.96. The molecule has 3 saturated heterocycles. The van der Waals surface area contributed by atoms with Crippen molar-refractivity contribution in [3.8, 4) is 5.75 Å². The van der Waals surface area contributed by atoms with Crippen LogP contribution in [0.5, 0.6) is 5.75 Å². The van der Waals surface area contributed by atoms with Crippen molar-refractivity contribution in [3.63, 3.8) is 0 Å². The molecule has 1 aromatic carbocycles. The predicted octanol–water partition coefficient (Wildman–Crippen LogP) is 3.49. The number of nitrogens with one attached hydrogen (secondary N) is 2. The van der Waals surface area contributed by atoms with Crippen LogP contribution in [0.15, 0.2) is 30.5 Å². The Morgan fingerprint density at radius 2 is 1.87 bits per heavy atom. The molecule has 4 unspecified atom stereocenters. The number of pyridine rings is 1. The summed E-state index contributed by atoms with van der Waals surface area (Å²) in [6.07, 6.45) is 6.82. The van der Waals surface area contributed by atoms with Crippen molar-refractivity contribution in [1.82, 2.24) is 25.4 Å². The molecule has 8 heteroatoms. The van der Waals surface area contributed by atoms with E-state index in [1.807, 2.05) is 31.2 Å². The molecule has 5 atom stereocenters. The van der Waals surface area contributed by atoms with Gasteiger partial charge in [0.2, 0.25) is 0 Å². The first-order valence-corrected chi connectivity index (χ1v) is 14.7. The van der Waals surface area contributed by atoms with E-state index in [0.29, 0.717) is 29.7 Å². The number of carbonyl (C=O) groups is 2. The Kier molecular flexibility index (Phi) is 7.33. The van der Waals surface area contributed by atoms with Gasteiger partial charge in [-0.05, 0) is 89.2 Å². The van der Waals surface area contributed by atoms with Crippen molar-refractivity contribution < 1.29 is 14.3 Å². The van der Waals surface area contributed by atoms with Gasteiger partial charge in [-0.3, -0.25) is 24.4 Å². The van der Waals surface area contributed by atoms with Crippen LogP contribution in [0, 0.1) is 12.8 Å². The van der Waals surface area contributed by atoms with Crippen LogP contribution in [-0.2, 0) is 6.42 Å². The maximum atomic E-state index is 13.2. The summed E-state index contributed by atoms with van der Waals surface area (Å²) in [7, 11) is 0. The summed E-state index contributed by atoms with van der Waals surface area (Å²) < 4.78 is 5.77. The number of piperidine rings is 2. The fourth-order valence-electron chi connectivity index (χ4n) is 7.13. The van der Waals surface area contributed by atoms with E-state index in [4.69, 9.17) is 9.72 Å². The molecule has 5 heterocycles. The number of amides is 2. The van der Waals surface area contributed by atoms with E-state index in [2.05, 4.69) is 34.3 Å². The maximum Gasteiger partial charge on any atom is 0.253 e. The Morgan fingerprint density at radius 1 is 1.03 bits per heavy atom. The quantitative estimate of drug-likeness (QED) is 0.594. The number of ether oxygens (including phenoxy) is 1. The molecular weight excluding hydrogens is 490 g/mol. The van der Waals surface area contributed by atoms with Gasteiger partial charge in [-0.2, -0.15) is 0 Å². The minimum absolute atomic E-state index is 0.0159. The molecule has 2 amide bonds. The first-order valence-electron chi connectivity index (χ1n) is 14.7. The third-order valence-corrected chi connectivity index (χ3v) is 9.22. The topological polar surface area (TPSA) is 86.8 Å². The van der Waals surface area contributed by atoms with E-state index >= 15 is 0 Å². The van der Waals surface area contributed by atoms with Gasteiger partial charge in [0.25, 0.3) is 11.8 Å². The second-order valence-electron chi connectivity index (χ2n) is 12.1. The average molecular weight is 532 g/mol. The Labute approximate surface area is 231 Å². The van der Waals surface area contributed by atoms with Gasteiger partial charge >= 0.3 is 0 Å². The van der Waals surface area contributed by atoms with Crippen molar-refractivity contribution in [2.45, 2.75) is 77.0 Å². The fourth-order valence-corrected chi connectivity index (χ4v) is 7.13. The lowest BCUT2D eigenvalue weighted by molar-refractivity contribution is 0.0867. The molecule has 1 aromatic heterocycles. The first-order chi connectivity index (χ1) is 18.9. The zero-order chi connectivity index (χ0) is 27.1. The third kappa shape index (κ3) is 5.29. The number of hydrogen-bond acceptors (Lipinski definition) is 6. The van der Waals surface area contributed by atoms with Gasteiger partial charge in [0.15, 0.2) is 0 Å². The second-order valence-corrected chi connectivity index (χ2v) is 12.1. The average Bonchev–Trinajstić information content (AvgIpc) is 3.52. The van der Waals surface area contributed by atoms with Crippen molar-refractivity contribution >= 4 is 11.8 Å². The molecule has 2 bridgehead atoms. The van der Waals surface area contributed by atoms with E-state index in [9.17, 15) is 9.59 Å². The van der Waals surface area contributed by atoms with Crippen LogP contribution in [0.1, 0.15) is 83.1 Å². The summed E-state index contributed by atoms with van der Waals surface area (Å²) in [5.74, 6) is 1.27. The van der Waals surface area contributed by atoms with Crippen molar-refractivity contribution in [3.05, 3.63) is 58.4 Å². The third-order valence-electron chi connectivity index (χ3n) is 9.22. The summed E-state index contributed by atoms with van der Waals surface area (Å²) in [6, 6.07) is 8.95. The van der Waals surface area contributed by atoms with E-state index in [0.717, 1.165) is 75.3 Å². The molecule has 8 nitrogen and oxygen atoms in total. The molecule has 208 valence electrons. The van der Waals surface area contributed by atoms with Crippen molar-refractivity contribution in [2.24, 2.45) is 5.92 Å². The zero-order valence-electron chi connectivity index (χ0n) is 23.4. The van der Waals surface area contributed by atoms with Gasteiger partial charge in [0.1, 0.15) is 5.75 Å². The van der Waals surface area contributed by atoms with Crippen LogP contribution in [0.2, 0.25) is 0 Å². The van der Waals surface area contributed by atoms with E-state index in [-0.39, 0.29) is 29.9 Å². The molecule has 6 rings (SSSR count). The lowest BCUT2D eigenvalue weighted by Crippen LogP contribution is -2.49. The van der Waals surface area contributed by atoms with Crippen molar-refractivity contribution in [1.29, 1.82) is 0 Å². The molecule has 2 N–H and O–H groups in total. The summed E-state index contributed by atoms with van der Waals surface area (Å²) in [4.78, 5) is 35.8. The SMILES string of the molecule is Cc1c(C(=O)NC2CC3CCN(C2)C3c2ccc(C(=O)N[C@@H]3CCCN(C(C)C)C3)cn2)ccc2c1OCC2. The Bertz CT molecular complexity index is 1220. The molecule has 2 aromatic rings. The highest BCUT2D eigenvalue weighted by atomic mass is 16.5. The number of rotatable bonds is 6. The highest BCUT2D eigenvalue weighted by Gasteiger charge is 2.43. The number of nitrogens with zero attached hydrogens (tertiary/aromatic N) is 3. The summed E-state index contributed by atoms with van der Waals surface area (Å²) in [5, 5.41) is 6.52. The zero-order valence-corrected chi connectivity index (χ0v) is 23.4. The van der Waals surface area contributed by atoms with Crippen LogP contribution in [0.4, 0.5) is 0 Å². The normalized spacial score (nSPS) is 28.2. The maximum absolute atomic E-state index is 13.2. The highest BCUT2D eigenvalue weighted by Crippen LogP contribution is 2.43. The lowest BCUT2D eigenvalue weighted by atomic mass is 9.87. The van der Waals surface area contributed by atoms with Crippen LogP contribution in [0.25, 0.3) is 0 Å². The Hall–Kier alpha value is -2.97. The number of likely N-dealkylation sites (tertiary alicyclic amines) is 1. The predicted molar refractivity (Wildman–Crippen MR) is 150 cm³/mol. The van der Waals surface area contributed by atoms with Gasteiger partial charge in [0.05, 0.1) is 23.9 Å². The molecule has 3 fully saturated rings. The van der Waals surface area contributed by atoms with Gasteiger partial charge in [-0.15, -0.1) is 0 Å². The molecule has 0 radical (unpaired) electrons. The summed E-state index contributed by atoms with van der Waals surface area (Å²) in [5.41, 5.74) is 4.48. The fraction of sp³-hybridized carbons (Fsp3) is 0.581. The molecule has 4 aliphatic rings. The second kappa shape index (κ2) is 10.9. The molecule has 39 heavy (non-hydrogen) atoms. The van der Waals surface area contributed by atoms with E-state index < -0.39 is 0 Å². The largest absolute Gasteiger partial charge is 0.493 e. The Balaban J connectivity index is 1.06. The first kappa shape index (κ1) is 26.3. The van der Waals surface area contributed by atoms with Gasteiger partial charge in [-0.25, -0.2) is 0 Å².